The zero-order chi connectivity index (χ0) is 42.8. The van der Waals surface area contributed by atoms with Gasteiger partial charge in [-0.2, -0.15) is 12.7 Å². The van der Waals surface area contributed by atoms with Crippen LogP contribution in [-0.2, 0) is 29.4 Å². The Hall–Kier alpha value is -3.98. The number of benzene rings is 1. The first-order chi connectivity index (χ1) is 27.8. The summed E-state index contributed by atoms with van der Waals surface area (Å²) in [5, 5.41) is 9.08. The third-order valence-electron chi connectivity index (χ3n) is 15.5. The Morgan fingerprint density at radius 2 is 1.61 bits per heavy atom. The predicted molar refractivity (Wildman–Crippen MR) is 225 cm³/mol. The molecule has 6 aliphatic rings. The smallest absolute Gasteiger partial charge is 0.303 e. The molecule has 5 atom stereocenters. The lowest BCUT2D eigenvalue weighted by Gasteiger charge is -2.38. The molecule has 0 bridgehead atoms. The Bertz CT molecular complexity index is 1980. The molecule has 4 N–H and O–H groups in total. The van der Waals surface area contributed by atoms with Crippen LogP contribution in [0.3, 0.4) is 0 Å². The number of fused-ring (bicyclic) bond motifs is 1. The maximum atomic E-state index is 15.1. The van der Waals surface area contributed by atoms with Gasteiger partial charge in [0, 0.05) is 49.7 Å². The molecule has 4 aliphatic carbocycles. The average molecular weight is 836 g/mol. The predicted octanol–water partition coefficient (Wildman–Crippen LogP) is 4.35. The largest absolute Gasteiger partial charge is 0.387 e. The van der Waals surface area contributed by atoms with Crippen LogP contribution in [0.2, 0.25) is 0 Å². The monoisotopic (exact) mass is 835 g/mol. The van der Waals surface area contributed by atoms with Gasteiger partial charge in [0.2, 0.25) is 17.7 Å². The topological polar surface area (TPSA) is 177 Å². The van der Waals surface area contributed by atoms with Crippen LogP contribution >= 0.6 is 0 Å². The molecule has 4 saturated carbocycles. The van der Waals surface area contributed by atoms with Crippen molar-refractivity contribution in [2.45, 2.75) is 135 Å². The highest BCUT2D eigenvalue weighted by Gasteiger charge is 2.85. The van der Waals surface area contributed by atoms with Crippen LogP contribution < -0.4 is 20.7 Å². The van der Waals surface area contributed by atoms with Gasteiger partial charge in [-0.25, -0.2) is 4.72 Å². The number of rotatable bonds is 13. The van der Waals surface area contributed by atoms with Crippen LogP contribution in [0.25, 0.3) is 0 Å². The van der Waals surface area contributed by atoms with Gasteiger partial charge in [-0.05, 0) is 79.7 Å². The summed E-state index contributed by atoms with van der Waals surface area (Å²) in [6.45, 7) is 14.6. The Labute approximate surface area is 350 Å². The first kappa shape index (κ1) is 43.1. The molecule has 5 amide bonds. The Morgan fingerprint density at radius 3 is 2.17 bits per heavy atom. The van der Waals surface area contributed by atoms with Crippen molar-refractivity contribution in [3.05, 3.63) is 42.5 Å². The van der Waals surface area contributed by atoms with Gasteiger partial charge in [-0.3, -0.25) is 24.0 Å². The van der Waals surface area contributed by atoms with Crippen molar-refractivity contribution < 1.29 is 32.4 Å². The van der Waals surface area contributed by atoms with Crippen molar-refractivity contribution >= 4 is 45.4 Å². The number of amides is 5. The van der Waals surface area contributed by atoms with E-state index in [4.69, 9.17) is 0 Å². The zero-order valence-corrected chi connectivity index (χ0v) is 36.6. The molecular formula is C44H65N7O7S. The van der Waals surface area contributed by atoms with Gasteiger partial charge in [-0.1, -0.05) is 78.5 Å². The zero-order valence-electron chi connectivity index (χ0n) is 35.8. The highest BCUT2D eigenvalue weighted by atomic mass is 32.2. The molecule has 1 aromatic rings. The van der Waals surface area contributed by atoms with E-state index in [1.54, 1.807) is 35.1 Å². The van der Waals surface area contributed by atoms with Crippen LogP contribution in [0.1, 0.15) is 122 Å². The van der Waals surface area contributed by atoms with E-state index >= 15 is 4.79 Å². The number of anilines is 1. The Morgan fingerprint density at radius 1 is 0.949 bits per heavy atom. The van der Waals surface area contributed by atoms with Crippen LogP contribution in [0.4, 0.5) is 5.69 Å². The van der Waals surface area contributed by atoms with Gasteiger partial charge >= 0.3 is 10.2 Å². The maximum Gasteiger partial charge on any atom is 0.303 e. The van der Waals surface area contributed by atoms with Crippen LogP contribution in [-0.4, -0.2) is 109 Å². The van der Waals surface area contributed by atoms with Crippen LogP contribution in [0.5, 0.6) is 0 Å². The van der Waals surface area contributed by atoms with E-state index in [0.717, 1.165) is 51.4 Å². The minimum atomic E-state index is -4.11. The van der Waals surface area contributed by atoms with Crippen LogP contribution in [0, 0.1) is 27.6 Å². The lowest BCUT2D eigenvalue weighted by atomic mass is 9.73. The van der Waals surface area contributed by atoms with Crippen molar-refractivity contribution in [3.63, 3.8) is 0 Å². The van der Waals surface area contributed by atoms with Gasteiger partial charge in [-0.15, -0.1) is 6.58 Å². The summed E-state index contributed by atoms with van der Waals surface area (Å²) in [6, 6.07) is 5.10. The summed E-state index contributed by atoms with van der Waals surface area (Å²) in [5.74, 6) is -2.95. The second-order valence-electron chi connectivity index (χ2n) is 19.8. The third-order valence-corrected chi connectivity index (χ3v) is 17.0. The van der Waals surface area contributed by atoms with Gasteiger partial charge in [0.25, 0.3) is 11.8 Å². The molecule has 2 saturated heterocycles. The summed E-state index contributed by atoms with van der Waals surface area (Å²) >= 11 is 0. The average Bonchev–Trinajstić information content (AvgIpc) is 3.64. The normalized spacial score (nSPS) is 28.9. The van der Waals surface area contributed by atoms with E-state index in [9.17, 15) is 27.6 Å². The second kappa shape index (κ2) is 15.5. The summed E-state index contributed by atoms with van der Waals surface area (Å²) < 4.78 is 29.8. The SMILES string of the molecule is C=C[C@@H]1C[C@]1(NC(=O)[C@@H]1C[C@@]2(CN1C(=O)[C@@H](NC(=O)CN(C(=O)c1ccccc1NC)C1CCCCC1)C(C)(C)C)C(C)(C)C21CCC1)C(=O)NS(=O)(=O)N1CCCC1. The molecule has 1 aromatic carbocycles. The fraction of sp³-hybridized carbons (Fsp3) is 0.705. The molecule has 0 aromatic heterocycles. The number of carbonyl (C=O) groups excluding carboxylic acids is 5. The summed E-state index contributed by atoms with van der Waals surface area (Å²) in [4.78, 5) is 75.4. The molecule has 324 valence electrons. The van der Waals surface area contributed by atoms with E-state index in [2.05, 4.69) is 41.1 Å². The fourth-order valence-corrected chi connectivity index (χ4v) is 12.9. The lowest BCUT2D eigenvalue weighted by Crippen LogP contribution is -2.61. The minimum absolute atomic E-state index is 0.0271. The standard InChI is InChI=1S/C44H65N7O7S/c1-8-29-25-44(29,39(56)48-59(57,58)49-23-14-15-24-49)47-36(53)33-26-43(41(5,6)42(43)21-16-22-42)28-51(33)38(55)35(40(2,3)4)46-34(52)27-50(30-17-10-9-11-18-30)37(54)31-19-12-13-20-32(31)45-7/h8,12-13,19-20,29-30,33,35,45H,1,9-11,14-18,21-28H2,2-7H3,(H,46,52)(H,47,53)(H,48,56)/t29-,33+,35-,43-,44-/m1/s1. The quantitative estimate of drug-likeness (QED) is 0.212. The van der Waals surface area contributed by atoms with E-state index < -0.39 is 62.8 Å². The van der Waals surface area contributed by atoms with Crippen molar-refractivity contribution in [2.24, 2.45) is 27.6 Å². The van der Waals surface area contributed by atoms with Gasteiger partial charge < -0.3 is 25.8 Å². The van der Waals surface area contributed by atoms with Gasteiger partial charge in [0.1, 0.15) is 24.2 Å². The van der Waals surface area contributed by atoms with Crippen molar-refractivity contribution in [1.82, 2.24) is 29.5 Å². The molecule has 2 heterocycles. The van der Waals surface area contributed by atoms with Crippen molar-refractivity contribution in [2.75, 3.05) is 38.5 Å². The number of nitrogens with one attached hydrogen (secondary N) is 4. The molecule has 0 radical (unpaired) electrons. The molecule has 15 heteroatoms. The molecule has 7 rings (SSSR count). The van der Waals surface area contributed by atoms with E-state index in [1.165, 1.54) is 4.31 Å². The highest BCUT2D eigenvalue weighted by molar-refractivity contribution is 7.87. The number of carbonyl (C=O) groups is 5. The molecule has 0 unspecified atom stereocenters. The van der Waals surface area contributed by atoms with Gasteiger partial charge in [0.15, 0.2) is 0 Å². The van der Waals surface area contributed by atoms with E-state index in [0.29, 0.717) is 50.1 Å². The summed E-state index contributed by atoms with van der Waals surface area (Å²) in [5.41, 5.74) is -1.70. The molecule has 2 aliphatic heterocycles. The minimum Gasteiger partial charge on any atom is -0.387 e. The molecule has 2 spiro atoms. The number of nitrogens with zero attached hydrogens (tertiary/aromatic N) is 3. The van der Waals surface area contributed by atoms with E-state index in [-0.39, 0.29) is 41.2 Å². The molecule has 6 fully saturated rings. The lowest BCUT2D eigenvalue weighted by molar-refractivity contribution is -0.144. The highest BCUT2D eigenvalue weighted by Crippen LogP contribution is 2.88. The number of likely N-dealkylation sites (tertiary alicyclic amines) is 1. The molecule has 59 heavy (non-hydrogen) atoms. The van der Waals surface area contributed by atoms with Crippen LogP contribution in [0.15, 0.2) is 36.9 Å². The van der Waals surface area contributed by atoms with Crippen molar-refractivity contribution in [1.29, 1.82) is 0 Å². The summed E-state index contributed by atoms with van der Waals surface area (Å²) in [7, 11) is -2.36. The van der Waals surface area contributed by atoms with Crippen molar-refractivity contribution in [3.8, 4) is 0 Å². The third kappa shape index (κ3) is 7.25. The Kier molecular flexibility index (Phi) is 11.3. The first-order valence-electron chi connectivity index (χ1n) is 21.7. The number of para-hydroxylation sites is 1. The number of hydrogen-bond donors (Lipinski definition) is 4. The second-order valence-corrected chi connectivity index (χ2v) is 21.4. The Balaban J connectivity index is 1.15. The first-order valence-corrected chi connectivity index (χ1v) is 23.2. The maximum absolute atomic E-state index is 15.1. The molecule has 14 nitrogen and oxygen atoms in total. The molecular weight excluding hydrogens is 771 g/mol. The van der Waals surface area contributed by atoms with E-state index in [1.807, 2.05) is 32.9 Å². The van der Waals surface area contributed by atoms with Gasteiger partial charge in [0.05, 0.1) is 5.56 Å². The number of hydrogen-bond acceptors (Lipinski definition) is 8. The summed E-state index contributed by atoms with van der Waals surface area (Å²) in [6.07, 6.45) is 11.1. The fourth-order valence-electron chi connectivity index (χ4n) is 11.6.